The Morgan fingerprint density at radius 1 is 1.06 bits per heavy atom. The molecular formula is C15H26N2. The molecule has 0 fully saturated rings. The monoisotopic (exact) mass is 234 g/mol. The van der Waals surface area contributed by atoms with Gasteiger partial charge in [-0.3, -0.25) is 0 Å². The zero-order valence-electron chi connectivity index (χ0n) is 11.6. The van der Waals surface area contributed by atoms with Crippen LogP contribution in [0.1, 0.15) is 48.1 Å². The Morgan fingerprint density at radius 3 is 2.35 bits per heavy atom. The van der Waals surface area contributed by atoms with Crippen LogP contribution in [0, 0.1) is 20.8 Å². The molecule has 2 nitrogen and oxygen atoms in total. The van der Waals surface area contributed by atoms with Crippen molar-refractivity contribution in [3.8, 4) is 0 Å². The van der Waals surface area contributed by atoms with E-state index in [-0.39, 0.29) is 0 Å². The van der Waals surface area contributed by atoms with Crippen LogP contribution in [0.5, 0.6) is 0 Å². The summed E-state index contributed by atoms with van der Waals surface area (Å²) in [6.45, 7) is 10.6. The highest BCUT2D eigenvalue weighted by atomic mass is 14.9. The molecular weight excluding hydrogens is 208 g/mol. The number of rotatable bonds is 6. The molecule has 17 heavy (non-hydrogen) atoms. The maximum absolute atomic E-state index is 5.49. The van der Waals surface area contributed by atoms with Crippen molar-refractivity contribution in [1.82, 2.24) is 5.32 Å². The van der Waals surface area contributed by atoms with Gasteiger partial charge >= 0.3 is 0 Å². The van der Waals surface area contributed by atoms with Gasteiger partial charge < -0.3 is 11.1 Å². The zero-order valence-corrected chi connectivity index (χ0v) is 11.6. The normalized spacial score (nSPS) is 12.8. The second kappa shape index (κ2) is 6.77. The van der Waals surface area contributed by atoms with Gasteiger partial charge in [0.1, 0.15) is 0 Å². The van der Waals surface area contributed by atoms with Crippen molar-refractivity contribution in [1.29, 1.82) is 0 Å². The number of aryl methyl sites for hydroxylation is 3. The summed E-state index contributed by atoms with van der Waals surface area (Å²) in [6, 6.07) is 5.01. The van der Waals surface area contributed by atoms with Gasteiger partial charge in [0.25, 0.3) is 0 Å². The van der Waals surface area contributed by atoms with E-state index in [0.717, 1.165) is 25.9 Å². The lowest BCUT2D eigenvalue weighted by Gasteiger charge is -2.18. The van der Waals surface area contributed by atoms with Crippen molar-refractivity contribution >= 4 is 0 Å². The summed E-state index contributed by atoms with van der Waals surface area (Å²) >= 11 is 0. The molecule has 1 aromatic carbocycles. The fourth-order valence-electron chi connectivity index (χ4n) is 2.15. The Hall–Kier alpha value is -0.860. The van der Waals surface area contributed by atoms with Crippen molar-refractivity contribution in [3.63, 3.8) is 0 Å². The average Bonchev–Trinajstić information content (AvgIpc) is 2.29. The molecule has 96 valence electrons. The van der Waals surface area contributed by atoms with E-state index in [2.05, 4.69) is 45.1 Å². The van der Waals surface area contributed by atoms with Gasteiger partial charge in [0.15, 0.2) is 0 Å². The lowest BCUT2D eigenvalue weighted by molar-refractivity contribution is 0.546. The van der Waals surface area contributed by atoms with E-state index in [1.165, 1.54) is 22.3 Å². The molecule has 0 aromatic heterocycles. The standard InChI is InChI=1S/C15H26N2/c1-11-9-13(3)15(10-12(11)2)14(4)17-8-6-5-7-16/h9-10,14,17H,5-8,16H2,1-4H3. The van der Waals surface area contributed by atoms with Crippen LogP contribution in [0.2, 0.25) is 0 Å². The summed E-state index contributed by atoms with van der Waals surface area (Å²) in [5.41, 5.74) is 11.0. The molecule has 0 aliphatic rings. The molecule has 0 saturated carbocycles. The minimum absolute atomic E-state index is 0.423. The molecule has 0 amide bonds. The second-order valence-electron chi connectivity index (χ2n) is 4.96. The van der Waals surface area contributed by atoms with Crippen LogP contribution in [-0.2, 0) is 0 Å². The Morgan fingerprint density at radius 2 is 1.71 bits per heavy atom. The summed E-state index contributed by atoms with van der Waals surface area (Å²) < 4.78 is 0. The fourth-order valence-corrected chi connectivity index (χ4v) is 2.15. The summed E-state index contributed by atoms with van der Waals surface area (Å²) in [7, 11) is 0. The fraction of sp³-hybridized carbons (Fsp3) is 0.600. The third kappa shape index (κ3) is 4.14. The number of hydrogen-bond donors (Lipinski definition) is 2. The van der Waals surface area contributed by atoms with Crippen molar-refractivity contribution in [2.45, 2.75) is 46.6 Å². The first-order chi connectivity index (χ1) is 8.06. The number of benzene rings is 1. The van der Waals surface area contributed by atoms with Gasteiger partial charge in [-0.15, -0.1) is 0 Å². The SMILES string of the molecule is Cc1cc(C)c(C(C)NCCCCN)cc1C. The molecule has 1 atom stereocenters. The largest absolute Gasteiger partial charge is 0.330 e. The minimum atomic E-state index is 0.423. The number of nitrogens with one attached hydrogen (secondary N) is 1. The topological polar surface area (TPSA) is 38.0 Å². The predicted octanol–water partition coefficient (Wildman–Crippen LogP) is 3.00. The molecule has 0 heterocycles. The van der Waals surface area contributed by atoms with E-state index >= 15 is 0 Å². The van der Waals surface area contributed by atoms with Crippen molar-refractivity contribution in [2.75, 3.05) is 13.1 Å². The Labute approximate surface area is 106 Å². The summed E-state index contributed by atoms with van der Waals surface area (Å²) in [6.07, 6.45) is 2.26. The van der Waals surface area contributed by atoms with Crippen molar-refractivity contribution in [2.24, 2.45) is 5.73 Å². The van der Waals surface area contributed by atoms with Crippen LogP contribution in [0.3, 0.4) is 0 Å². The van der Waals surface area contributed by atoms with E-state index in [9.17, 15) is 0 Å². The van der Waals surface area contributed by atoms with Crippen LogP contribution in [0.4, 0.5) is 0 Å². The van der Waals surface area contributed by atoms with E-state index in [0.29, 0.717) is 6.04 Å². The first-order valence-corrected chi connectivity index (χ1v) is 6.57. The van der Waals surface area contributed by atoms with Gasteiger partial charge in [-0.05, 0) is 75.9 Å². The first-order valence-electron chi connectivity index (χ1n) is 6.57. The average molecular weight is 234 g/mol. The second-order valence-corrected chi connectivity index (χ2v) is 4.96. The molecule has 3 N–H and O–H groups in total. The molecule has 0 spiro atoms. The first kappa shape index (κ1) is 14.2. The molecule has 1 rings (SSSR count). The Bertz CT molecular complexity index is 358. The highest BCUT2D eigenvalue weighted by molar-refractivity contribution is 5.37. The Balaban J connectivity index is 2.62. The number of nitrogens with two attached hydrogens (primary N) is 1. The number of hydrogen-bond acceptors (Lipinski definition) is 2. The third-order valence-corrected chi connectivity index (χ3v) is 3.43. The predicted molar refractivity (Wildman–Crippen MR) is 75.4 cm³/mol. The van der Waals surface area contributed by atoms with Gasteiger partial charge in [0.05, 0.1) is 0 Å². The highest BCUT2D eigenvalue weighted by Gasteiger charge is 2.08. The van der Waals surface area contributed by atoms with Crippen molar-refractivity contribution < 1.29 is 0 Å². The van der Waals surface area contributed by atoms with E-state index < -0.39 is 0 Å². The molecule has 1 unspecified atom stereocenters. The molecule has 0 saturated heterocycles. The quantitative estimate of drug-likeness (QED) is 0.743. The van der Waals surface area contributed by atoms with Crippen LogP contribution in [-0.4, -0.2) is 13.1 Å². The van der Waals surface area contributed by atoms with Crippen LogP contribution in [0.25, 0.3) is 0 Å². The minimum Gasteiger partial charge on any atom is -0.330 e. The smallest absolute Gasteiger partial charge is 0.0294 e. The lowest BCUT2D eigenvalue weighted by atomic mass is 9.96. The maximum atomic E-state index is 5.49. The van der Waals surface area contributed by atoms with E-state index in [1.54, 1.807) is 0 Å². The zero-order chi connectivity index (χ0) is 12.8. The van der Waals surface area contributed by atoms with E-state index in [1.807, 2.05) is 0 Å². The van der Waals surface area contributed by atoms with Gasteiger partial charge in [-0.1, -0.05) is 12.1 Å². The molecule has 2 heteroatoms. The van der Waals surface area contributed by atoms with Gasteiger partial charge in [0, 0.05) is 6.04 Å². The summed E-state index contributed by atoms with van der Waals surface area (Å²) in [5.74, 6) is 0. The molecule has 0 aliphatic heterocycles. The highest BCUT2D eigenvalue weighted by Crippen LogP contribution is 2.21. The third-order valence-electron chi connectivity index (χ3n) is 3.43. The molecule has 0 aliphatic carbocycles. The summed E-state index contributed by atoms with van der Waals surface area (Å²) in [5, 5.41) is 3.57. The van der Waals surface area contributed by atoms with Crippen LogP contribution < -0.4 is 11.1 Å². The van der Waals surface area contributed by atoms with Crippen molar-refractivity contribution in [3.05, 3.63) is 34.4 Å². The molecule has 0 radical (unpaired) electrons. The number of unbranched alkanes of at least 4 members (excludes halogenated alkanes) is 1. The van der Waals surface area contributed by atoms with Gasteiger partial charge in [-0.2, -0.15) is 0 Å². The maximum Gasteiger partial charge on any atom is 0.0294 e. The molecule has 1 aromatic rings. The van der Waals surface area contributed by atoms with Crippen LogP contribution in [0.15, 0.2) is 12.1 Å². The van der Waals surface area contributed by atoms with Crippen LogP contribution >= 0.6 is 0 Å². The van der Waals surface area contributed by atoms with E-state index in [4.69, 9.17) is 5.73 Å². The summed E-state index contributed by atoms with van der Waals surface area (Å²) in [4.78, 5) is 0. The van der Waals surface area contributed by atoms with Gasteiger partial charge in [0.2, 0.25) is 0 Å². The lowest BCUT2D eigenvalue weighted by Crippen LogP contribution is -2.21. The molecule has 0 bridgehead atoms. The Kier molecular flexibility index (Phi) is 5.66. The van der Waals surface area contributed by atoms with Gasteiger partial charge in [-0.25, -0.2) is 0 Å².